The lowest BCUT2D eigenvalue weighted by atomic mass is 9.70. The fourth-order valence-corrected chi connectivity index (χ4v) is 5.49. The maximum atomic E-state index is 12.0. The molecule has 1 heterocycles. The summed E-state index contributed by atoms with van der Waals surface area (Å²) in [5, 5.41) is 12.8. The highest BCUT2D eigenvalue weighted by atomic mass is 32.1. The van der Waals surface area contributed by atoms with Crippen LogP contribution >= 0.6 is 11.3 Å². The summed E-state index contributed by atoms with van der Waals surface area (Å²) in [7, 11) is 0. The van der Waals surface area contributed by atoms with Gasteiger partial charge in [0.1, 0.15) is 10.8 Å². The number of hydrogen-bond acceptors (Lipinski definition) is 5. The Morgan fingerprint density at radius 3 is 2.47 bits per heavy atom. The van der Waals surface area contributed by atoms with E-state index in [1.165, 1.54) is 19.3 Å². The van der Waals surface area contributed by atoms with Crippen molar-refractivity contribution < 1.29 is 19.4 Å². The Balaban J connectivity index is 1.64. The van der Waals surface area contributed by atoms with E-state index in [0.29, 0.717) is 6.54 Å². The zero-order chi connectivity index (χ0) is 24.1. The average molecular weight is 479 g/mol. The molecule has 1 saturated carbocycles. The van der Waals surface area contributed by atoms with Gasteiger partial charge in [-0.2, -0.15) is 0 Å². The van der Waals surface area contributed by atoms with Crippen LogP contribution in [0.5, 0.6) is 5.75 Å². The van der Waals surface area contributed by atoms with Gasteiger partial charge >= 0.3 is 5.97 Å². The molecule has 0 unspecified atom stereocenters. The molecule has 1 fully saturated rings. The molecule has 2 N–H and O–H groups in total. The summed E-state index contributed by atoms with van der Waals surface area (Å²) in [4.78, 5) is 28.7. The third-order valence-corrected chi connectivity index (χ3v) is 7.58. The molecule has 6 nitrogen and oxygen atoms in total. The first-order valence-electron chi connectivity index (χ1n) is 11.7. The molecule has 0 saturated heterocycles. The second-order valence-corrected chi connectivity index (χ2v) is 10.0. The second kappa shape index (κ2) is 10.4. The maximum Gasteiger partial charge on any atom is 0.335 e. The molecule has 3 aromatic rings. The monoisotopic (exact) mass is 478 g/mol. The van der Waals surface area contributed by atoms with Gasteiger partial charge in [0.15, 0.2) is 6.61 Å². The van der Waals surface area contributed by atoms with Crippen molar-refractivity contribution in [3.05, 3.63) is 59.8 Å². The van der Waals surface area contributed by atoms with E-state index >= 15 is 0 Å². The fourth-order valence-electron chi connectivity index (χ4n) is 4.57. The highest BCUT2D eigenvalue weighted by Crippen LogP contribution is 2.45. The Morgan fingerprint density at radius 1 is 1.09 bits per heavy atom. The number of nitrogens with zero attached hydrogens (tertiary/aromatic N) is 1. The van der Waals surface area contributed by atoms with Gasteiger partial charge in [-0.3, -0.25) is 4.79 Å². The number of hydrogen-bond donors (Lipinski definition) is 2. The van der Waals surface area contributed by atoms with Crippen LogP contribution < -0.4 is 10.1 Å². The number of thiazole rings is 1. The van der Waals surface area contributed by atoms with Crippen molar-refractivity contribution in [1.29, 1.82) is 0 Å². The molecular weight excluding hydrogens is 448 g/mol. The number of carbonyl (C=O) groups is 2. The molecule has 1 aliphatic carbocycles. The SMILES string of the molecule is CCNC(=O)COc1ccc(-c2cnc(-c3ccc(C(=O)O)cc3)s2)cc1C1(C)CCCCC1. The number of carboxylic acids is 1. The normalized spacial score (nSPS) is 15.0. The highest BCUT2D eigenvalue weighted by molar-refractivity contribution is 7.18. The lowest BCUT2D eigenvalue weighted by Crippen LogP contribution is -2.30. The van der Waals surface area contributed by atoms with Crippen molar-refractivity contribution in [1.82, 2.24) is 10.3 Å². The van der Waals surface area contributed by atoms with Gasteiger partial charge in [0.25, 0.3) is 5.91 Å². The minimum Gasteiger partial charge on any atom is -0.483 e. The molecule has 0 spiro atoms. The number of aromatic carboxylic acids is 1. The van der Waals surface area contributed by atoms with Gasteiger partial charge in [0.2, 0.25) is 0 Å². The van der Waals surface area contributed by atoms with E-state index in [2.05, 4.69) is 23.3 Å². The fraction of sp³-hybridized carbons (Fsp3) is 0.370. The first-order chi connectivity index (χ1) is 16.4. The smallest absolute Gasteiger partial charge is 0.335 e. The van der Waals surface area contributed by atoms with Gasteiger partial charge < -0.3 is 15.2 Å². The van der Waals surface area contributed by atoms with Gasteiger partial charge in [0.05, 0.1) is 10.4 Å². The molecule has 0 aliphatic heterocycles. The largest absolute Gasteiger partial charge is 0.483 e. The van der Waals surface area contributed by atoms with E-state index in [9.17, 15) is 9.59 Å². The van der Waals surface area contributed by atoms with Gasteiger partial charge in [-0.1, -0.05) is 38.3 Å². The summed E-state index contributed by atoms with van der Waals surface area (Å²) in [6.07, 6.45) is 7.68. The Hall–Kier alpha value is -3.19. The van der Waals surface area contributed by atoms with Crippen LogP contribution in [-0.2, 0) is 10.2 Å². The second-order valence-electron chi connectivity index (χ2n) is 8.99. The standard InChI is InChI=1S/C27H30N2O4S/c1-3-28-24(30)17-33-22-12-11-20(15-21(22)27(2)13-5-4-6-14-27)23-16-29-25(34-23)18-7-9-19(10-8-18)26(31)32/h7-12,15-16H,3-6,13-14,17H2,1-2H3,(H,28,30)(H,31,32). The van der Waals surface area contributed by atoms with E-state index in [1.807, 2.05) is 25.3 Å². The maximum absolute atomic E-state index is 12.0. The molecule has 1 aliphatic rings. The Morgan fingerprint density at radius 2 is 1.79 bits per heavy atom. The number of carbonyl (C=O) groups excluding carboxylic acids is 1. The van der Waals surface area contributed by atoms with Crippen molar-refractivity contribution >= 4 is 23.2 Å². The summed E-state index contributed by atoms with van der Waals surface area (Å²) in [6.45, 7) is 4.78. The molecule has 0 bridgehead atoms. The third kappa shape index (κ3) is 5.30. The molecule has 4 rings (SSSR count). The summed E-state index contributed by atoms with van der Waals surface area (Å²) in [5.41, 5.74) is 3.37. The number of likely N-dealkylation sites (N-methyl/N-ethyl adjacent to an activating group) is 1. The van der Waals surface area contributed by atoms with Gasteiger partial charge in [0, 0.05) is 23.9 Å². The van der Waals surface area contributed by atoms with Crippen molar-refractivity contribution in [2.45, 2.75) is 51.4 Å². The van der Waals surface area contributed by atoms with Crippen LogP contribution in [0, 0.1) is 0 Å². The summed E-state index contributed by atoms with van der Waals surface area (Å²) >= 11 is 1.57. The zero-order valence-electron chi connectivity index (χ0n) is 19.6. The Bertz CT molecular complexity index is 1160. The van der Waals surface area contributed by atoms with Crippen LogP contribution in [0.3, 0.4) is 0 Å². The predicted octanol–water partition coefficient (Wildman–Crippen LogP) is 5.91. The van der Waals surface area contributed by atoms with Gasteiger partial charge in [-0.05, 0) is 61.1 Å². The number of amides is 1. The number of nitrogens with one attached hydrogen (secondary N) is 1. The van der Waals surface area contributed by atoms with Crippen LogP contribution in [0.15, 0.2) is 48.7 Å². The van der Waals surface area contributed by atoms with Crippen LogP contribution in [0.25, 0.3) is 21.0 Å². The van der Waals surface area contributed by atoms with Crippen molar-refractivity contribution in [2.24, 2.45) is 0 Å². The van der Waals surface area contributed by atoms with E-state index in [4.69, 9.17) is 9.84 Å². The van der Waals surface area contributed by atoms with Crippen molar-refractivity contribution in [2.75, 3.05) is 13.2 Å². The molecule has 0 radical (unpaired) electrons. The number of rotatable bonds is 8. The summed E-state index contributed by atoms with van der Waals surface area (Å²) < 4.78 is 5.99. The third-order valence-electron chi connectivity index (χ3n) is 6.49. The lowest BCUT2D eigenvalue weighted by Gasteiger charge is -2.35. The molecule has 34 heavy (non-hydrogen) atoms. The van der Waals surface area contributed by atoms with Gasteiger partial charge in [-0.25, -0.2) is 9.78 Å². The molecular formula is C27H30N2O4S. The van der Waals surface area contributed by atoms with E-state index in [0.717, 1.165) is 45.2 Å². The molecule has 178 valence electrons. The molecule has 7 heteroatoms. The Kier molecular flexibility index (Phi) is 7.32. The number of benzene rings is 2. The van der Waals surface area contributed by atoms with Crippen molar-refractivity contribution in [3.8, 4) is 26.8 Å². The Labute approximate surface area is 204 Å². The number of aromatic nitrogens is 1. The molecule has 2 aromatic carbocycles. The zero-order valence-corrected chi connectivity index (χ0v) is 20.4. The van der Waals surface area contributed by atoms with Gasteiger partial charge in [-0.15, -0.1) is 11.3 Å². The average Bonchev–Trinajstić information content (AvgIpc) is 3.34. The minimum absolute atomic E-state index is 0.00497. The highest BCUT2D eigenvalue weighted by Gasteiger charge is 2.32. The quantitative estimate of drug-likeness (QED) is 0.420. The predicted molar refractivity (Wildman–Crippen MR) is 135 cm³/mol. The van der Waals surface area contributed by atoms with E-state index in [-0.39, 0.29) is 23.5 Å². The van der Waals surface area contributed by atoms with Crippen molar-refractivity contribution in [3.63, 3.8) is 0 Å². The topological polar surface area (TPSA) is 88.5 Å². The lowest BCUT2D eigenvalue weighted by molar-refractivity contribution is -0.123. The van der Waals surface area contributed by atoms with Crippen LogP contribution in [0.1, 0.15) is 61.9 Å². The first kappa shape index (κ1) is 24.0. The number of ether oxygens (including phenoxy) is 1. The molecule has 1 aromatic heterocycles. The van der Waals surface area contributed by atoms with Crippen LogP contribution in [-0.4, -0.2) is 35.1 Å². The van der Waals surface area contributed by atoms with Crippen LogP contribution in [0.4, 0.5) is 0 Å². The number of carboxylic acid groups (broad SMARTS) is 1. The minimum atomic E-state index is -0.940. The molecule has 0 atom stereocenters. The van der Waals surface area contributed by atoms with E-state index in [1.54, 1.807) is 35.6 Å². The summed E-state index contributed by atoms with van der Waals surface area (Å²) in [6, 6.07) is 13.0. The summed E-state index contributed by atoms with van der Waals surface area (Å²) in [5.74, 6) is -0.287. The van der Waals surface area contributed by atoms with E-state index < -0.39 is 5.97 Å². The first-order valence-corrected chi connectivity index (χ1v) is 12.6. The molecule has 1 amide bonds. The van der Waals surface area contributed by atoms with Crippen LogP contribution in [0.2, 0.25) is 0 Å².